The lowest BCUT2D eigenvalue weighted by Gasteiger charge is -2.19. The molecule has 1 aromatic heterocycles. The molecule has 0 spiro atoms. The van der Waals surface area contributed by atoms with Gasteiger partial charge in [-0.1, -0.05) is 35.5 Å². The van der Waals surface area contributed by atoms with Gasteiger partial charge in [0.15, 0.2) is 23.2 Å². The lowest BCUT2D eigenvalue weighted by molar-refractivity contribution is -0.140. The number of amides is 2. The Morgan fingerprint density at radius 1 is 1.03 bits per heavy atom. The Hall–Kier alpha value is -4.82. The van der Waals surface area contributed by atoms with Crippen LogP contribution in [0.1, 0.15) is 24.0 Å². The van der Waals surface area contributed by atoms with E-state index in [-0.39, 0.29) is 11.9 Å². The van der Waals surface area contributed by atoms with Crippen molar-refractivity contribution in [3.8, 4) is 17.1 Å². The molecule has 0 aliphatic heterocycles. The first-order valence-corrected chi connectivity index (χ1v) is 10.7. The molecule has 11 nitrogen and oxygen atoms in total. The molecule has 2 amide bonds. The summed E-state index contributed by atoms with van der Waals surface area (Å²) in [6.45, 7) is -0.0548. The first kappa shape index (κ1) is 27.8. The van der Waals surface area contributed by atoms with Crippen molar-refractivity contribution < 1.29 is 51.1 Å². The van der Waals surface area contributed by atoms with Gasteiger partial charge in [0.2, 0.25) is 23.4 Å². The molecule has 0 saturated carbocycles. The second kappa shape index (κ2) is 11.9. The molecule has 3 N–H and O–H groups in total. The van der Waals surface area contributed by atoms with Gasteiger partial charge in [-0.2, -0.15) is 13.8 Å². The predicted octanol–water partition coefficient (Wildman–Crippen LogP) is 2.02. The van der Waals surface area contributed by atoms with Crippen LogP contribution in [0.5, 0.6) is 5.75 Å². The maximum atomic E-state index is 13.7. The molecule has 3 rings (SSSR count). The number of benzene rings is 2. The number of carboxylic acid groups (broad SMARTS) is 1. The van der Waals surface area contributed by atoms with E-state index in [0.717, 1.165) is 0 Å². The van der Waals surface area contributed by atoms with Gasteiger partial charge in [-0.3, -0.25) is 19.2 Å². The van der Waals surface area contributed by atoms with Crippen LogP contribution in [0.4, 0.5) is 17.6 Å². The Bertz CT molecular complexity index is 1340. The monoisotopic (exact) mass is 538 g/mol. The van der Waals surface area contributed by atoms with Crippen molar-refractivity contribution in [2.75, 3.05) is 6.61 Å². The number of rotatable bonds is 11. The van der Waals surface area contributed by atoms with Crippen LogP contribution in [0.25, 0.3) is 11.4 Å². The summed E-state index contributed by atoms with van der Waals surface area (Å²) in [6, 6.07) is 5.29. The van der Waals surface area contributed by atoms with Crippen molar-refractivity contribution in [1.82, 2.24) is 20.8 Å². The van der Waals surface area contributed by atoms with E-state index < -0.39 is 83.6 Å². The molecule has 2 aromatic carbocycles. The van der Waals surface area contributed by atoms with Crippen molar-refractivity contribution in [2.45, 2.75) is 25.4 Å². The predicted molar refractivity (Wildman–Crippen MR) is 118 cm³/mol. The highest BCUT2D eigenvalue weighted by Gasteiger charge is 2.29. The number of aliphatic carboxylic acids is 1. The SMILES string of the molecule is C[C@H](NC(=O)c1nc(-c2ccccc2)no1)C(=O)N[C@@H](CC(=O)O)C(=O)COc1c(F)c(F)cc(F)c1F. The number of carbonyl (C=O) groups excluding carboxylic acids is 3. The number of ether oxygens (including phenoxy) is 1. The summed E-state index contributed by atoms with van der Waals surface area (Å²) in [5.74, 6) is -14.1. The van der Waals surface area contributed by atoms with Crippen molar-refractivity contribution in [3.63, 3.8) is 0 Å². The van der Waals surface area contributed by atoms with Gasteiger partial charge in [-0.25, -0.2) is 8.78 Å². The van der Waals surface area contributed by atoms with Crippen LogP contribution >= 0.6 is 0 Å². The van der Waals surface area contributed by atoms with Crippen LogP contribution in [-0.4, -0.2) is 57.5 Å². The van der Waals surface area contributed by atoms with Crippen molar-refractivity contribution in [2.24, 2.45) is 0 Å². The topological polar surface area (TPSA) is 161 Å². The van der Waals surface area contributed by atoms with E-state index >= 15 is 0 Å². The second-order valence-electron chi connectivity index (χ2n) is 7.70. The first-order chi connectivity index (χ1) is 18.0. The Morgan fingerprint density at radius 2 is 1.66 bits per heavy atom. The molecule has 0 aliphatic rings. The highest BCUT2D eigenvalue weighted by atomic mass is 19.2. The van der Waals surface area contributed by atoms with Gasteiger partial charge in [-0.15, -0.1) is 0 Å². The average molecular weight is 538 g/mol. The third kappa shape index (κ3) is 6.68. The van der Waals surface area contributed by atoms with Crippen LogP contribution in [0.15, 0.2) is 40.9 Å². The molecule has 1 heterocycles. The molecule has 0 bridgehead atoms. The summed E-state index contributed by atoms with van der Waals surface area (Å²) in [5, 5.41) is 17.0. The van der Waals surface area contributed by atoms with Gasteiger partial charge in [0.25, 0.3) is 0 Å². The number of aromatic nitrogens is 2. The standard InChI is InChI=1S/C23H18F4N4O7/c1-10(28-22(36)23-30-20(31-38-23)11-5-3-2-4-6-11)21(35)29-14(8-16(33)34)15(32)9-37-19-17(26)12(24)7-13(25)18(19)27/h2-7,10,14H,8-9H2,1H3,(H,28,36)(H,29,35)(H,33,34)/t10-,14-/m0/s1. The molecule has 0 unspecified atom stereocenters. The van der Waals surface area contributed by atoms with Gasteiger partial charge in [0, 0.05) is 11.6 Å². The van der Waals surface area contributed by atoms with Crippen LogP contribution in [0.3, 0.4) is 0 Å². The molecular weight excluding hydrogens is 520 g/mol. The van der Waals surface area contributed by atoms with E-state index in [1.54, 1.807) is 30.3 Å². The van der Waals surface area contributed by atoms with E-state index in [4.69, 9.17) is 9.63 Å². The Kier molecular flexibility index (Phi) is 8.73. The molecule has 0 fully saturated rings. The van der Waals surface area contributed by atoms with E-state index in [1.165, 1.54) is 6.92 Å². The summed E-state index contributed by atoms with van der Waals surface area (Å²) < 4.78 is 63.5. The number of nitrogens with zero attached hydrogens (tertiary/aromatic N) is 2. The molecule has 15 heteroatoms. The molecular formula is C23H18F4N4O7. The minimum Gasteiger partial charge on any atom is -0.481 e. The Morgan fingerprint density at radius 3 is 2.26 bits per heavy atom. The van der Waals surface area contributed by atoms with E-state index in [1.807, 2.05) is 0 Å². The number of nitrogens with one attached hydrogen (secondary N) is 2. The van der Waals surface area contributed by atoms with Gasteiger partial charge >= 0.3 is 17.8 Å². The zero-order chi connectivity index (χ0) is 28.0. The zero-order valence-electron chi connectivity index (χ0n) is 19.3. The van der Waals surface area contributed by atoms with Crippen LogP contribution in [-0.2, 0) is 14.4 Å². The minimum atomic E-state index is -1.91. The summed E-state index contributed by atoms with van der Waals surface area (Å²) in [5.41, 5.74) is 0.555. The van der Waals surface area contributed by atoms with Crippen LogP contribution in [0, 0.1) is 23.3 Å². The number of carboxylic acids is 1. The minimum absolute atomic E-state index is 0.0702. The number of hydrogen-bond acceptors (Lipinski definition) is 8. The number of carbonyl (C=O) groups is 4. The van der Waals surface area contributed by atoms with Crippen molar-refractivity contribution >= 4 is 23.6 Å². The molecule has 38 heavy (non-hydrogen) atoms. The maximum absolute atomic E-state index is 13.7. The summed E-state index contributed by atoms with van der Waals surface area (Å²) in [6.07, 6.45) is -0.985. The first-order valence-electron chi connectivity index (χ1n) is 10.7. The summed E-state index contributed by atoms with van der Waals surface area (Å²) >= 11 is 0. The Labute approximate surface area is 210 Å². The fourth-order valence-electron chi connectivity index (χ4n) is 2.98. The smallest absolute Gasteiger partial charge is 0.316 e. The van der Waals surface area contributed by atoms with Crippen molar-refractivity contribution in [3.05, 3.63) is 65.6 Å². The third-order valence-electron chi connectivity index (χ3n) is 4.91. The lowest BCUT2D eigenvalue weighted by atomic mass is 10.1. The highest BCUT2D eigenvalue weighted by molar-refractivity contribution is 5.97. The van der Waals surface area contributed by atoms with E-state index in [9.17, 15) is 36.7 Å². The number of ketones is 1. The molecule has 0 saturated heterocycles. The summed E-state index contributed by atoms with van der Waals surface area (Å²) in [7, 11) is 0. The molecule has 0 radical (unpaired) electrons. The zero-order valence-corrected chi connectivity index (χ0v) is 19.3. The Balaban J connectivity index is 1.63. The highest BCUT2D eigenvalue weighted by Crippen LogP contribution is 2.26. The van der Waals surface area contributed by atoms with Crippen LogP contribution < -0.4 is 15.4 Å². The lowest BCUT2D eigenvalue weighted by Crippen LogP contribution is -2.51. The fourth-order valence-corrected chi connectivity index (χ4v) is 2.98. The quantitative estimate of drug-likeness (QED) is 0.245. The molecule has 0 aliphatic carbocycles. The van der Waals surface area contributed by atoms with Gasteiger partial charge in [-0.05, 0) is 6.92 Å². The number of Topliss-reactive ketones (excluding diaryl/α,β-unsaturated/α-hetero) is 1. The fraction of sp³-hybridized carbons (Fsp3) is 0.217. The second-order valence-corrected chi connectivity index (χ2v) is 7.70. The third-order valence-corrected chi connectivity index (χ3v) is 4.91. The van der Waals surface area contributed by atoms with Crippen LogP contribution in [0.2, 0.25) is 0 Å². The molecule has 2 atom stereocenters. The molecule has 200 valence electrons. The number of hydrogen-bond donors (Lipinski definition) is 3. The normalized spacial score (nSPS) is 12.3. The van der Waals surface area contributed by atoms with Gasteiger partial charge in [0.05, 0.1) is 6.42 Å². The van der Waals surface area contributed by atoms with Gasteiger partial charge < -0.3 is 25.0 Å². The summed E-state index contributed by atoms with van der Waals surface area (Å²) in [4.78, 5) is 52.4. The largest absolute Gasteiger partial charge is 0.481 e. The molecule has 3 aromatic rings. The van der Waals surface area contributed by atoms with Crippen molar-refractivity contribution in [1.29, 1.82) is 0 Å². The van der Waals surface area contributed by atoms with Gasteiger partial charge in [0.1, 0.15) is 18.7 Å². The maximum Gasteiger partial charge on any atom is 0.316 e. The van der Waals surface area contributed by atoms with E-state index in [0.29, 0.717) is 5.56 Å². The average Bonchev–Trinajstić information content (AvgIpc) is 3.38. The van der Waals surface area contributed by atoms with E-state index in [2.05, 4.69) is 25.5 Å². The number of halogens is 4.